The Labute approximate surface area is 164 Å². The topological polar surface area (TPSA) is 82.0 Å². The van der Waals surface area contributed by atoms with E-state index >= 15 is 0 Å². The van der Waals surface area contributed by atoms with Crippen molar-refractivity contribution in [2.45, 2.75) is 12.0 Å². The fraction of sp³-hybridized carbons (Fsp3) is 0.217. The van der Waals surface area contributed by atoms with Crippen LogP contribution in [0.4, 0.5) is 0 Å². The van der Waals surface area contributed by atoms with Gasteiger partial charge in [-0.05, 0) is 47.5 Å². The number of para-hydroxylation sites is 1. The number of phenols is 2. The Morgan fingerprint density at radius 3 is 1.79 bits per heavy atom. The second kappa shape index (κ2) is 9.78. The maximum absolute atomic E-state index is 10.2. The molecule has 1 atom stereocenters. The summed E-state index contributed by atoms with van der Waals surface area (Å²) < 4.78 is 5.58. The van der Waals surface area contributed by atoms with Gasteiger partial charge in [0, 0.05) is 19.0 Å². The Hall–Kier alpha value is -3.02. The van der Waals surface area contributed by atoms with Gasteiger partial charge in [0.1, 0.15) is 30.0 Å². The van der Waals surface area contributed by atoms with E-state index in [2.05, 4.69) is 5.32 Å². The van der Waals surface area contributed by atoms with E-state index in [1.807, 2.05) is 54.6 Å². The molecule has 5 nitrogen and oxygen atoms in total. The van der Waals surface area contributed by atoms with Crippen LogP contribution in [0.15, 0.2) is 78.9 Å². The lowest BCUT2D eigenvalue weighted by Crippen LogP contribution is -2.34. The van der Waals surface area contributed by atoms with Crippen molar-refractivity contribution in [2.24, 2.45) is 0 Å². The van der Waals surface area contributed by atoms with Gasteiger partial charge >= 0.3 is 0 Å². The molecule has 0 aliphatic rings. The van der Waals surface area contributed by atoms with Gasteiger partial charge in [0.25, 0.3) is 0 Å². The first kappa shape index (κ1) is 19.7. The van der Waals surface area contributed by atoms with E-state index in [1.54, 1.807) is 24.3 Å². The lowest BCUT2D eigenvalue weighted by atomic mass is 9.91. The summed E-state index contributed by atoms with van der Waals surface area (Å²) in [6.45, 7) is 1.19. The quantitative estimate of drug-likeness (QED) is 0.459. The summed E-state index contributed by atoms with van der Waals surface area (Å²) in [7, 11) is 0. The Bertz CT molecular complexity index is 789. The molecule has 28 heavy (non-hydrogen) atoms. The molecule has 3 aromatic carbocycles. The van der Waals surface area contributed by atoms with Crippen LogP contribution in [0.25, 0.3) is 0 Å². The van der Waals surface area contributed by atoms with E-state index in [9.17, 15) is 15.3 Å². The third-order valence-corrected chi connectivity index (χ3v) is 4.50. The fourth-order valence-electron chi connectivity index (χ4n) is 3.00. The summed E-state index contributed by atoms with van der Waals surface area (Å²) in [5.74, 6) is 1.18. The van der Waals surface area contributed by atoms with Gasteiger partial charge in [-0.2, -0.15) is 0 Å². The molecule has 0 bridgehead atoms. The molecule has 0 radical (unpaired) electrons. The Morgan fingerprint density at radius 2 is 1.25 bits per heavy atom. The molecule has 0 aromatic heterocycles. The molecule has 0 heterocycles. The number of benzene rings is 3. The van der Waals surface area contributed by atoms with Gasteiger partial charge in [-0.1, -0.05) is 42.5 Å². The van der Waals surface area contributed by atoms with E-state index < -0.39 is 6.10 Å². The molecular weight excluding hydrogens is 354 g/mol. The number of aromatic hydroxyl groups is 2. The maximum atomic E-state index is 10.2. The van der Waals surface area contributed by atoms with Gasteiger partial charge in [-0.3, -0.25) is 0 Å². The number of phenolic OH excluding ortho intramolecular Hbond substituents is 2. The highest BCUT2D eigenvalue weighted by Crippen LogP contribution is 2.27. The zero-order chi connectivity index (χ0) is 19.8. The van der Waals surface area contributed by atoms with Crippen molar-refractivity contribution in [3.8, 4) is 17.2 Å². The Morgan fingerprint density at radius 1 is 0.714 bits per heavy atom. The summed E-state index contributed by atoms with van der Waals surface area (Å²) in [6.07, 6.45) is -0.638. The molecule has 0 aliphatic carbocycles. The third kappa shape index (κ3) is 5.74. The van der Waals surface area contributed by atoms with Crippen molar-refractivity contribution in [3.05, 3.63) is 90.0 Å². The van der Waals surface area contributed by atoms with Gasteiger partial charge < -0.3 is 25.4 Å². The first-order valence-corrected chi connectivity index (χ1v) is 9.26. The molecule has 146 valence electrons. The number of hydrogen-bond acceptors (Lipinski definition) is 5. The van der Waals surface area contributed by atoms with E-state index in [0.717, 1.165) is 16.9 Å². The third-order valence-electron chi connectivity index (χ3n) is 4.50. The van der Waals surface area contributed by atoms with Crippen LogP contribution in [0.2, 0.25) is 0 Å². The molecule has 0 unspecified atom stereocenters. The number of aliphatic hydroxyl groups is 1. The molecule has 0 amide bonds. The first-order chi connectivity index (χ1) is 13.6. The van der Waals surface area contributed by atoms with E-state index in [1.165, 1.54) is 0 Å². The molecule has 0 saturated carbocycles. The lowest BCUT2D eigenvalue weighted by Gasteiger charge is -2.20. The predicted molar refractivity (Wildman–Crippen MR) is 109 cm³/mol. The zero-order valence-electron chi connectivity index (χ0n) is 15.5. The molecule has 5 heteroatoms. The highest BCUT2D eigenvalue weighted by molar-refractivity contribution is 5.38. The second-order valence-corrected chi connectivity index (χ2v) is 6.67. The summed E-state index contributed by atoms with van der Waals surface area (Å²) in [5, 5.41) is 32.6. The number of nitrogens with one attached hydrogen (secondary N) is 1. The van der Waals surface area contributed by atoms with Crippen molar-refractivity contribution < 1.29 is 20.1 Å². The average molecular weight is 379 g/mol. The van der Waals surface area contributed by atoms with Gasteiger partial charge in [0.2, 0.25) is 0 Å². The van der Waals surface area contributed by atoms with Crippen LogP contribution in [-0.2, 0) is 0 Å². The molecular formula is C23H25NO4. The average Bonchev–Trinajstić information content (AvgIpc) is 2.72. The smallest absolute Gasteiger partial charge is 0.119 e. The fourth-order valence-corrected chi connectivity index (χ4v) is 3.00. The normalized spacial score (nSPS) is 12.1. The molecule has 0 saturated heterocycles. The van der Waals surface area contributed by atoms with Crippen molar-refractivity contribution in [1.82, 2.24) is 5.32 Å². The highest BCUT2D eigenvalue weighted by atomic mass is 16.5. The number of hydrogen-bond donors (Lipinski definition) is 4. The summed E-state index contributed by atoms with van der Waals surface area (Å²) in [4.78, 5) is 0. The van der Waals surface area contributed by atoms with Crippen molar-refractivity contribution >= 4 is 0 Å². The van der Waals surface area contributed by atoms with Gasteiger partial charge in [0.05, 0.1) is 0 Å². The molecule has 0 spiro atoms. The van der Waals surface area contributed by atoms with Crippen molar-refractivity contribution in [3.63, 3.8) is 0 Å². The van der Waals surface area contributed by atoms with E-state index in [-0.39, 0.29) is 24.0 Å². The second-order valence-electron chi connectivity index (χ2n) is 6.67. The summed E-state index contributed by atoms with van der Waals surface area (Å²) >= 11 is 0. The van der Waals surface area contributed by atoms with Gasteiger partial charge in [-0.25, -0.2) is 0 Å². The molecule has 4 N–H and O–H groups in total. The van der Waals surface area contributed by atoms with E-state index in [0.29, 0.717) is 13.1 Å². The van der Waals surface area contributed by atoms with E-state index in [4.69, 9.17) is 4.74 Å². The number of rotatable bonds is 9. The van der Waals surface area contributed by atoms with Crippen LogP contribution in [0.3, 0.4) is 0 Å². The minimum atomic E-state index is -0.638. The van der Waals surface area contributed by atoms with Crippen LogP contribution in [-0.4, -0.2) is 41.1 Å². The minimum absolute atomic E-state index is 0.0171. The minimum Gasteiger partial charge on any atom is -0.508 e. The molecule has 0 aliphatic heterocycles. The maximum Gasteiger partial charge on any atom is 0.119 e. The molecule has 3 rings (SSSR count). The van der Waals surface area contributed by atoms with Gasteiger partial charge in [0.15, 0.2) is 0 Å². The largest absolute Gasteiger partial charge is 0.508 e. The Kier molecular flexibility index (Phi) is 6.89. The van der Waals surface area contributed by atoms with Crippen molar-refractivity contribution in [1.29, 1.82) is 0 Å². The van der Waals surface area contributed by atoms with Crippen LogP contribution < -0.4 is 10.1 Å². The number of aliphatic hydroxyl groups excluding tert-OH is 1. The zero-order valence-corrected chi connectivity index (χ0v) is 15.5. The highest BCUT2D eigenvalue weighted by Gasteiger charge is 2.15. The van der Waals surface area contributed by atoms with Crippen LogP contribution >= 0.6 is 0 Å². The first-order valence-electron chi connectivity index (χ1n) is 9.26. The standard InChI is InChI=1S/C23H25NO4/c25-19-10-6-17(7-11-19)23(18-8-12-20(26)13-9-18)15-24-14-21(27)16-28-22-4-2-1-3-5-22/h1-13,21,23-27H,14-16H2/t21-/m0/s1. The monoisotopic (exact) mass is 379 g/mol. The van der Waals surface area contributed by atoms with Crippen LogP contribution in [0.5, 0.6) is 17.2 Å². The SMILES string of the molecule is Oc1ccc(C(CNC[C@H](O)COc2ccccc2)c2ccc(O)cc2)cc1. The van der Waals surface area contributed by atoms with Gasteiger partial charge in [-0.15, -0.1) is 0 Å². The van der Waals surface area contributed by atoms with Crippen LogP contribution in [0, 0.1) is 0 Å². The predicted octanol–water partition coefficient (Wildman–Crippen LogP) is 3.26. The summed E-state index contributed by atoms with van der Waals surface area (Å²) in [5.41, 5.74) is 2.07. The lowest BCUT2D eigenvalue weighted by molar-refractivity contribution is 0.106. The van der Waals surface area contributed by atoms with Crippen LogP contribution in [0.1, 0.15) is 17.0 Å². The molecule has 0 fully saturated rings. The number of ether oxygens (including phenoxy) is 1. The summed E-state index contributed by atoms with van der Waals surface area (Å²) in [6, 6.07) is 23.5. The molecule has 3 aromatic rings. The van der Waals surface area contributed by atoms with Crippen molar-refractivity contribution in [2.75, 3.05) is 19.7 Å². The Balaban J connectivity index is 1.58.